The van der Waals surface area contributed by atoms with Crippen LogP contribution in [0.3, 0.4) is 0 Å². The lowest BCUT2D eigenvalue weighted by atomic mass is 10.1. The van der Waals surface area contributed by atoms with Gasteiger partial charge < -0.3 is 9.64 Å². The number of aryl methyl sites for hydroxylation is 1. The van der Waals surface area contributed by atoms with E-state index in [9.17, 15) is 4.79 Å². The van der Waals surface area contributed by atoms with Gasteiger partial charge in [-0.2, -0.15) is 0 Å². The Morgan fingerprint density at radius 3 is 2.58 bits per heavy atom. The van der Waals surface area contributed by atoms with Gasteiger partial charge in [-0.15, -0.1) is 30.8 Å². The van der Waals surface area contributed by atoms with Crippen LogP contribution in [0.4, 0.5) is 5.69 Å². The van der Waals surface area contributed by atoms with Crippen LogP contribution in [-0.4, -0.2) is 66.3 Å². The molecule has 0 aliphatic rings. The lowest BCUT2D eigenvalue weighted by molar-refractivity contribution is 0.101. The van der Waals surface area contributed by atoms with Crippen LogP contribution >= 0.6 is 24.2 Å². The van der Waals surface area contributed by atoms with E-state index in [1.165, 1.54) is 11.3 Å². The third-order valence-electron chi connectivity index (χ3n) is 6.62. The number of anilines is 1. The summed E-state index contributed by atoms with van der Waals surface area (Å²) in [6, 6.07) is 6.56. The quantitative estimate of drug-likeness (QED) is 0.0985. The molecule has 2 unspecified atom stereocenters. The zero-order valence-corrected chi connectivity index (χ0v) is 26.2. The summed E-state index contributed by atoms with van der Waals surface area (Å²) in [7, 11) is 3.89. The van der Waals surface area contributed by atoms with Gasteiger partial charge >= 0.3 is 0 Å². The number of aromatic nitrogens is 2. The third-order valence-corrected chi connectivity index (χ3v) is 7.36. The molecule has 0 aliphatic carbocycles. The highest BCUT2D eigenvalue weighted by Crippen LogP contribution is 2.24. The second kappa shape index (κ2) is 18.0. The van der Waals surface area contributed by atoms with Gasteiger partial charge in [-0.1, -0.05) is 56.7 Å². The number of hydrogen-bond acceptors (Lipinski definition) is 6. The van der Waals surface area contributed by atoms with Crippen LogP contribution < -0.4 is 10.5 Å². The predicted molar refractivity (Wildman–Crippen MR) is 175 cm³/mol. The van der Waals surface area contributed by atoms with Crippen LogP contribution in [0.2, 0.25) is 0 Å². The average Bonchev–Trinajstić information content (AvgIpc) is 2.95. The normalized spacial score (nSPS) is 13.6. The number of benzene rings is 1. The number of hydrogen-bond donors (Lipinski definition) is 1. The summed E-state index contributed by atoms with van der Waals surface area (Å²) >= 11 is 10.5. The molecule has 2 atom stereocenters. The molecule has 0 aliphatic heterocycles. The molecule has 0 N–H and O–H groups in total. The fourth-order valence-electron chi connectivity index (χ4n) is 4.44. The number of ether oxygens (including phenoxy) is 1. The highest BCUT2D eigenvalue weighted by molar-refractivity contribution is 7.80. The van der Waals surface area contributed by atoms with Crippen LogP contribution in [0, 0.1) is 0 Å². The topological polar surface area (TPSA) is 50.6 Å². The maximum atomic E-state index is 13.2. The number of allylic oxidation sites excluding steroid dienone is 6. The van der Waals surface area contributed by atoms with E-state index in [1.807, 2.05) is 36.4 Å². The molecule has 0 spiro atoms. The first-order valence-electron chi connectivity index (χ1n) is 13.9. The lowest BCUT2D eigenvalue weighted by Crippen LogP contribution is -2.41. The Morgan fingerprint density at radius 1 is 1.15 bits per heavy atom. The minimum atomic E-state index is -0.205. The summed E-state index contributed by atoms with van der Waals surface area (Å²) in [5.74, 6) is 0. The first-order valence-corrected chi connectivity index (χ1v) is 14.8. The molecule has 0 bridgehead atoms. The van der Waals surface area contributed by atoms with Crippen molar-refractivity contribution in [2.45, 2.75) is 56.3 Å². The SMILES string of the molecule is C=CC(Cl)C=C/C=C/C=C/c1ncn(-c2ccc(N(C)CCN(CCC)C(C)COC)c(CCC)c2)c(=O)c1S. The molecule has 40 heavy (non-hydrogen) atoms. The molecule has 0 saturated heterocycles. The Kier molecular flexibility index (Phi) is 15.1. The summed E-state index contributed by atoms with van der Waals surface area (Å²) in [5, 5.41) is -0.203. The van der Waals surface area contributed by atoms with Gasteiger partial charge in [0.1, 0.15) is 6.33 Å². The molecule has 1 aromatic heterocycles. The lowest BCUT2D eigenvalue weighted by Gasteiger charge is -2.31. The second-order valence-corrected chi connectivity index (χ2v) is 10.7. The zero-order valence-electron chi connectivity index (χ0n) is 24.6. The van der Waals surface area contributed by atoms with Crippen molar-refractivity contribution >= 4 is 36.0 Å². The first-order chi connectivity index (χ1) is 19.3. The maximum absolute atomic E-state index is 13.2. The third kappa shape index (κ3) is 10.1. The van der Waals surface area contributed by atoms with Crippen molar-refractivity contribution in [3.63, 3.8) is 0 Å². The van der Waals surface area contributed by atoms with E-state index in [0.717, 1.165) is 51.2 Å². The predicted octanol–water partition coefficient (Wildman–Crippen LogP) is 6.58. The number of rotatable bonds is 17. The van der Waals surface area contributed by atoms with Crippen LogP contribution in [0.15, 0.2) is 77.3 Å². The van der Waals surface area contributed by atoms with Gasteiger partial charge in [0.25, 0.3) is 5.56 Å². The zero-order chi connectivity index (χ0) is 29.5. The van der Waals surface area contributed by atoms with E-state index in [-0.39, 0.29) is 10.9 Å². The summed E-state index contributed by atoms with van der Waals surface area (Å²) in [5.41, 5.74) is 3.49. The van der Waals surface area contributed by atoms with Crippen molar-refractivity contribution in [2.75, 3.05) is 45.3 Å². The number of halogens is 1. The minimum Gasteiger partial charge on any atom is -0.383 e. The van der Waals surface area contributed by atoms with Crippen LogP contribution in [-0.2, 0) is 11.2 Å². The fraction of sp³-hybridized carbons (Fsp3) is 0.438. The van der Waals surface area contributed by atoms with Gasteiger partial charge in [0.05, 0.1) is 28.3 Å². The van der Waals surface area contributed by atoms with Crippen molar-refractivity contribution in [3.05, 3.63) is 89.2 Å². The monoisotopic (exact) mass is 584 g/mol. The number of nitrogens with zero attached hydrogens (tertiary/aromatic N) is 4. The Morgan fingerprint density at radius 2 is 1.90 bits per heavy atom. The van der Waals surface area contributed by atoms with Crippen LogP contribution in [0.1, 0.15) is 44.9 Å². The summed E-state index contributed by atoms with van der Waals surface area (Å²) in [6.45, 7) is 13.9. The van der Waals surface area contributed by atoms with Crippen molar-refractivity contribution in [2.24, 2.45) is 0 Å². The minimum absolute atomic E-state index is 0.203. The first kappa shape index (κ1) is 33.6. The summed E-state index contributed by atoms with van der Waals surface area (Å²) < 4.78 is 6.95. The highest BCUT2D eigenvalue weighted by Gasteiger charge is 2.16. The maximum Gasteiger partial charge on any atom is 0.271 e. The largest absolute Gasteiger partial charge is 0.383 e. The Bertz CT molecular complexity index is 1220. The number of thiol groups is 1. The molecule has 1 aromatic carbocycles. The molecule has 1 heterocycles. The van der Waals surface area contributed by atoms with E-state index in [4.69, 9.17) is 16.3 Å². The van der Waals surface area contributed by atoms with E-state index >= 15 is 0 Å². The van der Waals surface area contributed by atoms with E-state index < -0.39 is 0 Å². The molecule has 6 nitrogen and oxygen atoms in total. The average molecular weight is 585 g/mol. The van der Waals surface area contributed by atoms with Gasteiger partial charge in [-0.05, 0) is 56.1 Å². The van der Waals surface area contributed by atoms with Crippen molar-refractivity contribution < 1.29 is 4.74 Å². The molecular weight excluding hydrogens is 540 g/mol. The molecule has 2 rings (SSSR count). The van der Waals surface area contributed by atoms with Gasteiger partial charge in [-0.3, -0.25) is 14.3 Å². The summed E-state index contributed by atoms with van der Waals surface area (Å²) in [6.07, 6.45) is 17.2. The van der Waals surface area contributed by atoms with Crippen molar-refractivity contribution in [1.82, 2.24) is 14.5 Å². The van der Waals surface area contributed by atoms with Crippen LogP contribution in [0.5, 0.6) is 0 Å². The fourth-order valence-corrected chi connectivity index (χ4v) is 4.76. The molecule has 218 valence electrons. The molecular formula is C32H45ClN4O2S. The molecule has 0 amide bonds. The number of alkyl halides is 1. The standard InChI is InChI=1S/C32H45ClN4O2S/c1-7-14-26-22-28(17-18-30(26)35(5)20-21-36(19-8-2)25(4)23-39-6)37-24-34-29(31(40)32(37)38)16-13-11-10-12-15-27(33)9-3/h9-13,15-18,22,24-25,27,40H,3,7-8,14,19-21,23H2,1-2,4-6H3/b11-10+,15-12?,16-13+. The Hall–Kier alpha value is -2.58. The van der Waals surface area contributed by atoms with Gasteiger partial charge in [-0.25, -0.2) is 4.98 Å². The molecule has 0 saturated carbocycles. The van der Waals surface area contributed by atoms with Crippen LogP contribution in [0.25, 0.3) is 11.8 Å². The molecule has 2 aromatic rings. The van der Waals surface area contributed by atoms with Crippen molar-refractivity contribution in [1.29, 1.82) is 0 Å². The number of likely N-dealkylation sites (N-methyl/N-ethyl adjacent to an activating group) is 1. The van der Waals surface area contributed by atoms with E-state index in [0.29, 0.717) is 16.6 Å². The smallest absolute Gasteiger partial charge is 0.271 e. The molecule has 0 fully saturated rings. The van der Waals surface area contributed by atoms with Gasteiger partial charge in [0, 0.05) is 39.0 Å². The number of methoxy groups -OCH3 is 1. The molecule has 8 heteroatoms. The van der Waals surface area contributed by atoms with Gasteiger partial charge in [0.15, 0.2) is 0 Å². The molecule has 0 radical (unpaired) electrons. The highest BCUT2D eigenvalue weighted by atomic mass is 35.5. The van der Waals surface area contributed by atoms with E-state index in [1.54, 1.807) is 30.2 Å². The van der Waals surface area contributed by atoms with Gasteiger partial charge in [0.2, 0.25) is 0 Å². The van der Waals surface area contributed by atoms with Crippen molar-refractivity contribution in [3.8, 4) is 5.69 Å². The Labute approximate surface area is 251 Å². The van der Waals surface area contributed by atoms with E-state index in [2.05, 4.69) is 73.9 Å². The Balaban J connectivity index is 2.24. The second-order valence-electron chi connectivity index (χ2n) is 9.79. The summed E-state index contributed by atoms with van der Waals surface area (Å²) in [4.78, 5) is 22.8.